The van der Waals surface area contributed by atoms with Crippen molar-refractivity contribution in [2.45, 2.75) is 39.8 Å². The molecule has 2 aromatic rings. The standard InChI is InChI=1S/C14H21N5/c1-5-7-19-13(15)12(17-14(19)10(3)4)11-8-16-9-18(11)6-2/h5,8-10H,1,6-7,15H2,2-4H3. The zero-order valence-electron chi connectivity index (χ0n) is 11.8. The van der Waals surface area contributed by atoms with Crippen LogP contribution in [-0.4, -0.2) is 19.1 Å². The van der Waals surface area contributed by atoms with Crippen LogP contribution in [0.4, 0.5) is 5.82 Å². The van der Waals surface area contributed by atoms with E-state index in [1.165, 1.54) is 0 Å². The van der Waals surface area contributed by atoms with Gasteiger partial charge in [0.05, 0.1) is 18.2 Å². The van der Waals surface area contributed by atoms with Crippen LogP contribution in [0.1, 0.15) is 32.5 Å². The lowest BCUT2D eigenvalue weighted by Crippen LogP contribution is -2.07. The number of nitrogens with two attached hydrogens (primary N) is 1. The summed E-state index contributed by atoms with van der Waals surface area (Å²) in [6.07, 6.45) is 5.45. The number of anilines is 1. The minimum Gasteiger partial charge on any atom is -0.383 e. The van der Waals surface area contributed by atoms with Gasteiger partial charge in [-0.1, -0.05) is 19.9 Å². The van der Waals surface area contributed by atoms with Gasteiger partial charge < -0.3 is 14.9 Å². The van der Waals surface area contributed by atoms with E-state index in [0.717, 1.165) is 23.8 Å². The molecule has 0 atom stereocenters. The van der Waals surface area contributed by atoms with Gasteiger partial charge in [0.1, 0.15) is 17.3 Å². The maximum Gasteiger partial charge on any atom is 0.133 e. The Labute approximate surface area is 113 Å². The van der Waals surface area contributed by atoms with E-state index in [2.05, 4.69) is 32.3 Å². The molecular weight excluding hydrogens is 238 g/mol. The molecule has 5 heteroatoms. The predicted molar refractivity (Wildman–Crippen MR) is 77.8 cm³/mol. The Kier molecular flexibility index (Phi) is 3.74. The number of nitrogens with zero attached hydrogens (tertiary/aromatic N) is 4. The van der Waals surface area contributed by atoms with Gasteiger partial charge in [-0.15, -0.1) is 6.58 Å². The van der Waals surface area contributed by atoms with Crippen molar-refractivity contribution in [3.05, 3.63) is 31.0 Å². The second kappa shape index (κ2) is 5.30. The van der Waals surface area contributed by atoms with E-state index < -0.39 is 0 Å². The second-order valence-electron chi connectivity index (χ2n) is 4.82. The molecule has 0 unspecified atom stereocenters. The molecule has 0 amide bonds. The molecule has 2 rings (SSSR count). The van der Waals surface area contributed by atoms with Crippen molar-refractivity contribution in [3.63, 3.8) is 0 Å². The van der Waals surface area contributed by atoms with Crippen LogP contribution < -0.4 is 5.73 Å². The molecule has 0 aliphatic carbocycles. The van der Waals surface area contributed by atoms with Crippen molar-refractivity contribution in [2.24, 2.45) is 0 Å². The molecule has 0 saturated carbocycles. The Morgan fingerprint density at radius 1 is 1.47 bits per heavy atom. The zero-order chi connectivity index (χ0) is 14.0. The fraction of sp³-hybridized carbons (Fsp3) is 0.429. The Balaban J connectivity index is 2.59. The summed E-state index contributed by atoms with van der Waals surface area (Å²) < 4.78 is 4.06. The summed E-state index contributed by atoms with van der Waals surface area (Å²) in [5, 5.41) is 0. The van der Waals surface area contributed by atoms with Crippen molar-refractivity contribution in [1.29, 1.82) is 0 Å². The summed E-state index contributed by atoms with van der Waals surface area (Å²) in [7, 11) is 0. The minimum absolute atomic E-state index is 0.314. The number of nitrogen functional groups attached to an aromatic ring is 1. The number of aryl methyl sites for hydroxylation is 1. The van der Waals surface area contributed by atoms with E-state index in [4.69, 9.17) is 10.7 Å². The molecule has 0 spiro atoms. The monoisotopic (exact) mass is 259 g/mol. The van der Waals surface area contributed by atoms with Crippen LogP contribution in [0, 0.1) is 0 Å². The number of imidazole rings is 2. The Bertz CT molecular complexity index is 577. The molecule has 0 fully saturated rings. The van der Waals surface area contributed by atoms with Gasteiger partial charge in [0.25, 0.3) is 0 Å². The Morgan fingerprint density at radius 3 is 2.79 bits per heavy atom. The summed E-state index contributed by atoms with van der Waals surface area (Å²) in [6.45, 7) is 11.6. The molecule has 2 aromatic heterocycles. The fourth-order valence-corrected chi connectivity index (χ4v) is 2.20. The predicted octanol–water partition coefficient (Wildman–Crippen LogP) is 2.66. The summed E-state index contributed by atoms with van der Waals surface area (Å²) >= 11 is 0. The lowest BCUT2D eigenvalue weighted by molar-refractivity contribution is 0.684. The van der Waals surface area contributed by atoms with Crippen molar-refractivity contribution in [3.8, 4) is 11.4 Å². The van der Waals surface area contributed by atoms with Gasteiger partial charge in [0.15, 0.2) is 0 Å². The first-order valence-electron chi connectivity index (χ1n) is 6.57. The first kappa shape index (κ1) is 13.4. The van der Waals surface area contributed by atoms with E-state index in [1.54, 1.807) is 6.33 Å². The maximum absolute atomic E-state index is 6.25. The molecule has 5 nitrogen and oxygen atoms in total. The van der Waals surface area contributed by atoms with E-state index in [0.29, 0.717) is 18.3 Å². The Hall–Kier alpha value is -2.04. The zero-order valence-corrected chi connectivity index (χ0v) is 11.8. The highest BCUT2D eigenvalue weighted by Crippen LogP contribution is 2.29. The lowest BCUT2D eigenvalue weighted by atomic mass is 10.2. The largest absolute Gasteiger partial charge is 0.383 e. The van der Waals surface area contributed by atoms with Crippen LogP contribution in [0.3, 0.4) is 0 Å². The molecular formula is C14H21N5. The molecule has 102 valence electrons. The number of hydrogen-bond acceptors (Lipinski definition) is 3. The van der Waals surface area contributed by atoms with Crippen LogP contribution in [0.2, 0.25) is 0 Å². The average Bonchev–Trinajstić information content (AvgIpc) is 2.95. The van der Waals surface area contributed by atoms with Crippen LogP contribution in [-0.2, 0) is 13.1 Å². The fourth-order valence-electron chi connectivity index (χ4n) is 2.20. The van der Waals surface area contributed by atoms with Crippen LogP contribution >= 0.6 is 0 Å². The van der Waals surface area contributed by atoms with Crippen LogP contribution in [0.5, 0.6) is 0 Å². The van der Waals surface area contributed by atoms with Crippen molar-refractivity contribution < 1.29 is 0 Å². The number of rotatable bonds is 5. The van der Waals surface area contributed by atoms with Gasteiger partial charge in [0.2, 0.25) is 0 Å². The number of hydrogen-bond donors (Lipinski definition) is 1. The highest BCUT2D eigenvalue weighted by molar-refractivity contribution is 5.68. The lowest BCUT2D eigenvalue weighted by Gasteiger charge is -2.09. The van der Waals surface area contributed by atoms with Crippen molar-refractivity contribution >= 4 is 5.82 Å². The SMILES string of the molecule is C=CCn1c(C(C)C)nc(-c2cncn2CC)c1N. The average molecular weight is 259 g/mol. The quantitative estimate of drug-likeness (QED) is 0.840. The molecule has 19 heavy (non-hydrogen) atoms. The van der Waals surface area contributed by atoms with Gasteiger partial charge in [-0.05, 0) is 6.92 Å². The highest BCUT2D eigenvalue weighted by Gasteiger charge is 2.19. The number of aromatic nitrogens is 4. The summed E-state index contributed by atoms with van der Waals surface area (Å²) in [4.78, 5) is 8.89. The van der Waals surface area contributed by atoms with E-state index in [9.17, 15) is 0 Å². The Morgan fingerprint density at radius 2 is 2.21 bits per heavy atom. The smallest absolute Gasteiger partial charge is 0.133 e. The molecule has 0 aliphatic rings. The summed E-state index contributed by atoms with van der Waals surface area (Å²) in [5.41, 5.74) is 8.03. The molecule has 0 radical (unpaired) electrons. The van der Waals surface area contributed by atoms with Gasteiger partial charge in [-0.3, -0.25) is 0 Å². The maximum atomic E-state index is 6.25. The minimum atomic E-state index is 0.314. The normalized spacial score (nSPS) is 11.2. The molecule has 2 heterocycles. The van der Waals surface area contributed by atoms with E-state index >= 15 is 0 Å². The molecule has 0 aliphatic heterocycles. The third-order valence-electron chi connectivity index (χ3n) is 3.16. The molecule has 0 saturated heterocycles. The van der Waals surface area contributed by atoms with Crippen molar-refractivity contribution in [1.82, 2.24) is 19.1 Å². The number of allylic oxidation sites excluding steroid dienone is 1. The van der Waals surface area contributed by atoms with Gasteiger partial charge in [-0.25, -0.2) is 9.97 Å². The van der Waals surface area contributed by atoms with Gasteiger partial charge >= 0.3 is 0 Å². The topological polar surface area (TPSA) is 61.7 Å². The van der Waals surface area contributed by atoms with E-state index in [-0.39, 0.29) is 0 Å². The third-order valence-corrected chi connectivity index (χ3v) is 3.16. The molecule has 2 N–H and O–H groups in total. The summed E-state index contributed by atoms with van der Waals surface area (Å²) in [6, 6.07) is 0. The third kappa shape index (κ3) is 2.28. The van der Waals surface area contributed by atoms with Crippen LogP contribution in [0.15, 0.2) is 25.2 Å². The second-order valence-corrected chi connectivity index (χ2v) is 4.82. The highest BCUT2D eigenvalue weighted by atomic mass is 15.2. The van der Waals surface area contributed by atoms with Crippen molar-refractivity contribution in [2.75, 3.05) is 5.73 Å². The molecule has 0 aromatic carbocycles. The summed E-state index contributed by atoms with van der Waals surface area (Å²) in [5.74, 6) is 1.98. The first-order valence-corrected chi connectivity index (χ1v) is 6.57. The van der Waals surface area contributed by atoms with Crippen LogP contribution in [0.25, 0.3) is 11.4 Å². The first-order chi connectivity index (χ1) is 9.10. The molecule has 0 bridgehead atoms. The van der Waals surface area contributed by atoms with Gasteiger partial charge in [-0.2, -0.15) is 0 Å². The van der Waals surface area contributed by atoms with Gasteiger partial charge in [0, 0.05) is 19.0 Å². The van der Waals surface area contributed by atoms with E-state index in [1.807, 2.05) is 21.4 Å².